The summed E-state index contributed by atoms with van der Waals surface area (Å²) in [6, 6.07) is 8.97. The number of nitrogens with zero attached hydrogens (tertiary/aromatic N) is 1. The minimum atomic E-state index is -0.554. The Labute approximate surface area is 152 Å². The van der Waals surface area contributed by atoms with E-state index in [-0.39, 0.29) is 16.1 Å². The Balaban J connectivity index is 1.74. The number of carbonyl (C=O) groups is 3. The number of hydrogen-bond acceptors (Lipinski definition) is 3. The van der Waals surface area contributed by atoms with E-state index in [0.29, 0.717) is 15.7 Å². The SMILES string of the molecule is O=C(CN1C(=O)c2ccc(Cl)cc2C1=O)Nc1ccc(Cl)c(Cl)c1. The number of amides is 3. The zero-order valence-corrected chi connectivity index (χ0v) is 14.2. The molecule has 1 aliphatic rings. The molecule has 0 saturated carbocycles. The fraction of sp³-hybridized carbons (Fsp3) is 0.0625. The summed E-state index contributed by atoms with van der Waals surface area (Å²) in [7, 11) is 0. The van der Waals surface area contributed by atoms with Gasteiger partial charge in [-0.15, -0.1) is 0 Å². The number of benzene rings is 2. The number of rotatable bonds is 3. The number of imide groups is 1. The normalized spacial score (nSPS) is 13.2. The number of hydrogen-bond donors (Lipinski definition) is 1. The van der Waals surface area contributed by atoms with Crippen molar-refractivity contribution in [3.8, 4) is 0 Å². The highest BCUT2D eigenvalue weighted by Crippen LogP contribution is 2.27. The molecule has 0 aliphatic carbocycles. The van der Waals surface area contributed by atoms with E-state index in [4.69, 9.17) is 34.8 Å². The van der Waals surface area contributed by atoms with Crippen LogP contribution in [0.3, 0.4) is 0 Å². The van der Waals surface area contributed by atoms with E-state index in [1.165, 1.54) is 30.3 Å². The van der Waals surface area contributed by atoms with Gasteiger partial charge in [0.25, 0.3) is 11.8 Å². The van der Waals surface area contributed by atoms with Gasteiger partial charge < -0.3 is 5.32 Å². The van der Waals surface area contributed by atoms with E-state index < -0.39 is 24.3 Å². The van der Waals surface area contributed by atoms with E-state index in [0.717, 1.165) is 4.90 Å². The smallest absolute Gasteiger partial charge is 0.262 e. The highest BCUT2D eigenvalue weighted by molar-refractivity contribution is 6.42. The summed E-state index contributed by atoms with van der Waals surface area (Å²) in [5.41, 5.74) is 0.829. The van der Waals surface area contributed by atoms with Crippen molar-refractivity contribution in [1.29, 1.82) is 0 Å². The molecule has 1 N–H and O–H groups in total. The van der Waals surface area contributed by atoms with Crippen LogP contribution in [0.5, 0.6) is 0 Å². The second kappa shape index (κ2) is 6.43. The molecule has 5 nitrogen and oxygen atoms in total. The third kappa shape index (κ3) is 3.11. The van der Waals surface area contributed by atoms with E-state index in [2.05, 4.69) is 5.32 Å². The third-order valence-electron chi connectivity index (χ3n) is 3.44. The first kappa shape index (κ1) is 16.8. The van der Waals surface area contributed by atoms with Crippen LogP contribution < -0.4 is 5.32 Å². The van der Waals surface area contributed by atoms with Gasteiger partial charge >= 0.3 is 0 Å². The van der Waals surface area contributed by atoms with E-state index >= 15 is 0 Å². The Bertz CT molecular complexity index is 883. The summed E-state index contributed by atoms with van der Waals surface area (Å²) >= 11 is 17.5. The van der Waals surface area contributed by atoms with Crippen LogP contribution in [0.2, 0.25) is 15.1 Å². The van der Waals surface area contributed by atoms with Crippen molar-refractivity contribution in [1.82, 2.24) is 4.90 Å². The van der Waals surface area contributed by atoms with Gasteiger partial charge in [-0.1, -0.05) is 34.8 Å². The molecule has 0 saturated heterocycles. The summed E-state index contributed by atoms with van der Waals surface area (Å²) in [5.74, 6) is -1.62. The van der Waals surface area contributed by atoms with Crippen LogP contribution in [0.25, 0.3) is 0 Å². The van der Waals surface area contributed by atoms with Gasteiger partial charge in [0.05, 0.1) is 21.2 Å². The molecule has 3 rings (SSSR count). The summed E-state index contributed by atoms with van der Waals surface area (Å²) in [6.45, 7) is -0.412. The number of fused-ring (bicyclic) bond motifs is 1. The molecular formula is C16H9Cl3N2O3. The zero-order chi connectivity index (χ0) is 17.4. The fourth-order valence-corrected chi connectivity index (χ4v) is 2.79. The standard InChI is InChI=1S/C16H9Cl3N2O3/c17-8-1-3-10-11(5-8)16(24)21(15(10)23)7-14(22)20-9-2-4-12(18)13(19)6-9/h1-6H,7H2,(H,20,22). The molecule has 1 aliphatic heterocycles. The first-order chi connectivity index (χ1) is 11.4. The molecule has 0 fully saturated rings. The molecule has 3 amide bonds. The maximum absolute atomic E-state index is 12.3. The Morgan fingerprint density at radius 1 is 0.917 bits per heavy atom. The first-order valence-electron chi connectivity index (χ1n) is 6.77. The lowest BCUT2D eigenvalue weighted by molar-refractivity contribution is -0.116. The van der Waals surface area contributed by atoms with Crippen molar-refractivity contribution < 1.29 is 14.4 Å². The van der Waals surface area contributed by atoms with Gasteiger partial charge in [-0.3, -0.25) is 19.3 Å². The Morgan fingerprint density at radius 2 is 1.62 bits per heavy atom. The molecule has 0 bridgehead atoms. The average Bonchev–Trinajstić information content (AvgIpc) is 2.75. The second-order valence-electron chi connectivity index (χ2n) is 5.06. The van der Waals surface area contributed by atoms with Gasteiger partial charge in [0.15, 0.2) is 0 Å². The topological polar surface area (TPSA) is 66.5 Å². The van der Waals surface area contributed by atoms with Crippen molar-refractivity contribution in [2.24, 2.45) is 0 Å². The summed E-state index contributed by atoms with van der Waals surface area (Å²) in [5, 5.41) is 3.54. The molecule has 122 valence electrons. The van der Waals surface area contributed by atoms with Gasteiger partial charge in [0.2, 0.25) is 5.91 Å². The lowest BCUT2D eigenvalue weighted by atomic mass is 10.1. The highest BCUT2D eigenvalue weighted by atomic mass is 35.5. The molecule has 0 unspecified atom stereocenters. The average molecular weight is 384 g/mol. The predicted octanol–water partition coefficient (Wildman–Crippen LogP) is 3.88. The minimum Gasteiger partial charge on any atom is -0.324 e. The molecule has 24 heavy (non-hydrogen) atoms. The van der Waals surface area contributed by atoms with Crippen LogP contribution in [0, 0.1) is 0 Å². The highest BCUT2D eigenvalue weighted by Gasteiger charge is 2.36. The van der Waals surface area contributed by atoms with Crippen LogP contribution in [-0.2, 0) is 4.79 Å². The van der Waals surface area contributed by atoms with Gasteiger partial charge in [0, 0.05) is 10.7 Å². The second-order valence-corrected chi connectivity index (χ2v) is 6.31. The minimum absolute atomic E-state index is 0.190. The number of anilines is 1. The maximum atomic E-state index is 12.3. The van der Waals surface area contributed by atoms with Crippen LogP contribution in [0.1, 0.15) is 20.7 Å². The lowest BCUT2D eigenvalue weighted by Gasteiger charge is -2.13. The van der Waals surface area contributed by atoms with E-state index in [9.17, 15) is 14.4 Å². The predicted molar refractivity (Wildman–Crippen MR) is 91.9 cm³/mol. The first-order valence-corrected chi connectivity index (χ1v) is 7.91. The number of nitrogens with one attached hydrogen (secondary N) is 1. The molecule has 0 atom stereocenters. The van der Waals surface area contributed by atoms with Gasteiger partial charge in [0.1, 0.15) is 6.54 Å². The lowest BCUT2D eigenvalue weighted by Crippen LogP contribution is -2.37. The Morgan fingerprint density at radius 3 is 2.33 bits per heavy atom. The van der Waals surface area contributed by atoms with Crippen LogP contribution in [0.15, 0.2) is 36.4 Å². The molecular weight excluding hydrogens is 375 g/mol. The van der Waals surface area contributed by atoms with Gasteiger partial charge in [-0.25, -0.2) is 0 Å². The Hall–Kier alpha value is -2.08. The molecule has 0 aromatic heterocycles. The number of halogens is 3. The van der Waals surface area contributed by atoms with Crippen molar-refractivity contribution in [3.63, 3.8) is 0 Å². The van der Waals surface area contributed by atoms with Crippen molar-refractivity contribution in [3.05, 3.63) is 62.6 Å². The van der Waals surface area contributed by atoms with Crippen molar-refractivity contribution in [2.75, 3.05) is 11.9 Å². The largest absolute Gasteiger partial charge is 0.324 e. The molecule has 0 spiro atoms. The summed E-state index contributed by atoms with van der Waals surface area (Å²) in [6.07, 6.45) is 0. The van der Waals surface area contributed by atoms with Gasteiger partial charge in [-0.05, 0) is 36.4 Å². The quantitative estimate of drug-likeness (QED) is 0.818. The van der Waals surface area contributed by atoms with Crippen LogP contribution >= 0.6 is 34.8 Å². The molecule has 8 heteroatoms. The third-order valence-corrected chi connectivity index (χ3v) is 4.41. The maximum Gasteiger partial charge on any atom is 0.262 e. The molecule has 0 radical (unpaired) electrons. The van der Waals surface area contributed by atoms with Crippen molar-refractivity contribution >= 4 is 58.2 Å². The molecule has 2 aromatic rings. The zero-order valence-electron chi connectivity index (χ0n) is 12.0. The van der Waals surface area contributed by atoms with Crippen LogP contribution in [0.4, 0.5) is 5.69 Å². The fourth-order valence-electron chi connectivity index (χ4n) is 2.32. The number of carbonyl (C=O) groups excluding carboxylic acids is 3. The molecule has 1 heterocycles. The van der Waals surface area contributed by atoms with Gasteiger partial charge in [-0.2, -0.15) is 0 Å². The van der Waals surface area contributed by atoms with Crippen LogP contribution in [-0.4, -0.2) is 29.2 Å². The van der Waals surface area contributed by atoms with E-state index in [1.807, 2.05) is 0 Å². The summed E-state index contributed by atoms with van der Waals surface area (Å²) in [4.78, 5) is 37.5. The Kier molecular flexibility index (Phi) is 4.49. The van der Waals surface area contributed by atoms with Crippen molar-refractivity contribution in [2.45, 2.75) is 0 Å². The van der Waals surface area contributed by atoms with E-state index in [1.54, 1.807) is 6.07 Å². The summed E-state index contributed by atoms with van der Waals surface area (Å²) < 4.78 is 0. The monoisotopic (exact) mass is 382 g/mol. The molecule has 2 aromatic carbocycles.